The quantitative estimate of drug-likeness (QED) is 0.654. The normalized spacial score (nSPS) is 29.7. The number of thiophene rings is 1. The molecule has 5 nitrogen and oxygen atoms in total. The molecule has 6 heteroatoms. The first-order valence-electron chi connectivity index (χ1n) is 10.0. The van der Waals surface area contributed by atoms with Crippen LogP contribution in [0.4, 0.5) is 5.69 Å². The Balaban J connectivity index is 1.68. The van der Waals surface area contributed by atoms with Crippen LogP contribution >= 0.6 is 11.3 Å². The van der Waals surface area contributed by atoms with Crippen LogP contribution in [0.2, 0.25) is 0 Å². The van der Waals surface area contributed by atoms with E-state index in [0.29, 0.717) is 17.9 Å². The van der Waals surface area contributed by atoms with Gasteiger partial charge >= 0.3 is 0 Å². The Labute approximate surface area is 178 Å². The van der Waals surface area contributed by atoms with E-state index in [2.05, 4.69) is 16.3 Å². The zero-order valence-corrected chi connectivity index (χ0v) is 17.2. The van der Waals surface area contributed by atoms with Crippen molar-refractivity contribution in [3.8, 4) is 5.75 Å². The summed E-state index contributed by atoms with van der Waals surface area (Å²) in [5, 5.41) is 5.08. The van der Waals surface area contributed by atoms with E-state index in [9.17, 15) is 9.59 Å². The van der Waals surface area contributed by atoms with E-state index in [1.54, 1.807) is 11.3 Å². The summed E-state index contributed by atoms with van der Waals surface area (Å²) in [6, 6.07) is 19.2. The third-order valence-electron chi connectivity index (χ3n) is 7.04. The van der Waals surface area contributed by atoms with Gasteiger partial charge in [0.2, 0.25) is 0 Å². The summed E-state index contributed by atoms with van der Waals surface area (Å²) in [6.07, 6.45) is 0. The van der Waals surface area contributed by atoms with Crippen molar-refractivity contribution in [3.05, 3.63) is 82.0 Å². The van der Waals surface area contributed by atoms with Gasteiger partial charge in [0.25, 0.3) is 5.91 Å². The number of benzene rings is 2. The topological polar surface area (TPSA) is 58.6 Å². The number of anilines is 1. The van der Waals surface area contributed by atoms with Crippen LogP contribution in [0.3, 0.4) is 0 Å². The second kappa shape index (κ2) is 6.03. The van der Waals surface area contributed by atoms with Crippen molar-refractivity contribution < 1.29 is 14.3 Å². The minimum absolute atomic E-state index is 0.0149. The Morgan fingerprint density at radius 3 is 2.70 bits per heavy atom. The van der Waals surface area contributed by atoms with Crippen molar-refractivity contribution in [1.82, 2.24) is 4.90 Å². The maximum absolute atomic E-state index is 14.3. The van der Waals surface area contributed by atoms with Gasteiger partial charge in [-0.1, -0.05) is 36.4 Å². The summed E-state index contributed by atoms with van der Waals surface area (Å²) in [5.41, 5.74) is -0.00203. The van der Waals surface area contributed by atoms with Gasteiger partial charge in [0.15, 0.2) is 5.78 Å². The molecule has 0 unspecified atom stereocenters. The van der Waals surface area contributed by atoms with E-state index < -0.39 is 11.0 Å². The summed E-state index contributed by atoms with van der Waals surface area (Å²) in [7, 11) is 1.95. The molecule has 1 N–H and O–H groups in total. The Hall–Kier alpha value is -2.96. The fourth-order valence-corrected chi connectivity index (χ4v) is 6.76. The molecule has 2 aromatic carbocycles. The molecule has 1 fully saturated rings. The maximum Gasteiger partial charge on any atom is 0.250 e. The molecule has 0 radical (unpaired) electrons. The fourth-order valence-electron chi connectivity index (χ4n) is 5.85. The third-order valence-corrected chi connectivity index (χ3v) is 8.03. The van der Waals surface area contributed by atoms with Crippen LogP contribution in [0.15, 0.2) is 66.0 Å². The predicted octanol–water partition coefficient (Wildman–Crippen LogP) is 3.89. The number of nitrogens with one attached hydrogen (secondary N) is 1. The first kappa shape index (κ1) is 17.9. The molecule has 3 aliphatic heterocycles. The third kappa shape index (κ3) is 1.91. The van der Waals surface area contributed by atoms with Gasteiger partial charge in [0.05, 0.1) is 5.56 Å². The lowest BCUT2D eigenvalue weighted by molar-refractivity contribution is -0.131. The van der Waals surface area contributed by atoms with Crippen molar-refractivity contribution in [3.63, 3.8) is 0 Å². The van der Waals surface area contributed by atoms with Gasteiger partial charge in [0.1, 0.15) is 23.3 Å². The molecule has 150 valence electrons. The van der Waals surface area contributed by atoms with Crippen molar-refractivity contribution >= 4 is 28.7 Å². The van der Waals surface area contributed by atoms with E-state index in [1.165, 1.54) is 0 Å². The molecule has 3 aromatic rings. The Kier molecular flexibility index (Phi) is 3.59. The van der Waals surface area contributed by atoms with Gasteiger partial charge in [-0.25, -0.2) is 0 Å². The Bertz CT molecular complexity index is 1190. The van der Waals surface area contributed by atoms with E-state index in [-0.39, 0.29) is 24.2 Å². The maximum atomic E-state index is 14.3. The number of hydrogen-bond donors (Lipinski definition) is 1. The molecule has 6 rings (SSSR count). The molecule has 0 saturated carbocycles. The number of amides is 1. The summed E-state index contributed by atoms with van der Waals surface area (Å²) in [4.78, 5) is 31.2. The number of nitrogens with zero attached hydrogens (tertiary/aromatic N) is 1. The molecule has 4 heterocycles. The van der Waals surface area contributed by atoms with Crippen LogP contribution in [0.1, 0.15) is 26.7 Å². The number of likely N-dealkylation sites (N-methyl/N-ethyl adjacent to an activating group) is 1. The Morgan fingerprint density at radius 2 is 1.87 bits per heavy atom. The van der Waals surface area contributed by atoms with E-state index in [1.807, 2.05) is 67.0 Å². The van der Waals surface area contributed by atoms with Crippen molar-refractivity contribution in [2.24, 2.45) is 5.41 Å². The summed E-state index contributed by atoms with van der Waals surface area (Å²) < 4.78 is 6.24. The highest BCUT2D eigenvalue weighted by Crippen LogP contribution is 2.64. The lowest BCUT2D eigenvalue weighted by atomic mass is 9.58. The molecule has 30 heavy (non-hydrogen) atoms. The van der Waals surface area contributed by atoms with E-state index in [0.717, 1.165) is 16.1 Å². The second-order valence-corrected chi connectivity index (χ2v) is 9.22. The molecule has 0 aliphatic carbocycles. The largest absolute Gasteiger partial charge is 0.492 e. The molecule has 1 aromatic heterocycles. The van der Waals surface area contributed by atoms with Gasteiger partial charge < -0.3 is 10.1 Å². The summed E-state index contributed by atoms with van der Waals surface area (Å²) in [6.45, 7) is 0.761. The molecular formula is C24H20N2O3S. The zero-order chi connectivity index (χ0) is 20.5. The highest BCUT2D eigenvalue weighted by atomic mass is 32.1. The minimum Gasteiger partial charge on any atom is -0.492 e. The van der Waals surface area contributed by atoms with Gasteiger partial charge in [-0.05, 0) is 36.7 Å². The molecular weight excluding hydrogens is 396 g/mol. The number of ether oxygens (including phenoxy) is 1. The first-order valence-corrected chi connectivity index (χ1v) is 10.9. The smallest absolute Gasteiger partial charge is 0.250 e. The number of ketones is 1. The molecule has 3 aliphatic rings. The molecule has 0 bridgehead atoms. The number of carbonyl (C=O) groups excluding carboxylic acids is 2. The number of hydrogen-bond acceptors (Lipinski definition) is 5. The average molecular weight is 417 g/mol. The van der Waals surface area contributed by atoms with Crippen LogP contribution in [0.5, 0.6) is 5.75 Å². The van der Waals surface area contributed by atoms with Crippen molar-refractivity contribution in [1.29, 1.82) is 0 Å². The van der Waals surface area contributed by atoms with Crippen molar-refractivity contribution in [2.75, 3.05) is 25.5 Å². The molecule has 3 atom stereocenters. The van der Waals surface area contributed by atoms with Crippen LogP contribution in [-0.2, 0) is 10.3 Å². The van der Waals surface area contributed by atoms with Crippen LogP contribution in [0.25, 0.3) is 0 Å². The number of fused-ring (bicyclic) bond motifs is 4. The van der Waals surface area contributed by atoms with Crippen LogP contribution < -0.4 is 10.1 Å². The van der Waals surface area contributed by atoms with Crippen molar-refractivity contribution in [2.45, 2.75) is 11.5 Å². The lowest BCUT2D eigenvalue weighted by Crippen LogP contribution is -2.62. The predicted molar refractivity (Wildman–Crippen MR) is 115 cm³/mol. The number of rotatable bonds is 1. The standard InChI is InChI=1S/C24H20N2O3S/c1-26-13-17(20-11-6-12-30-20)23(14-29-19-10-5-2-7-15(19)21(23)27)24(26)16-8-3-4-9-18(16)25-22(24)28/h2-12,17H,13-14H2,1H3,(H,25,28)/t17-,23-,24-/m1/s1. The zero-order valence-electron chi connectivity index (χ0n) is 16.4. The van der Waals surface area contributed by atoms with Gasteiger partial charge in [-0.15, -0.1) is 11.3 Å². The molecule has 2 spiro atoms. The SMILES string of the molecule is CN1C[C@H](c2cccs2)[C@@]2(COc3ccccc3C2=O)[C@@]12C(=O)Nc1ccccc12. The minimum atomic E-state index is -1.12. The van der Waals surface area contributed by atoms with Crippen LogP contribution in [-0.4, -0.2) is 36.8 Å². The molecule has 1 amide bonds. The van der Waals surface area contributed by atoms with Gasteiger partial charge in [0, 0.05) is 28.6 Å². The highest BCUT2D eigenvalue weighted by Gasteiger charge is 2.75. The number of likely N-dealkylation sites (tertiary alicyclic amines) is 1. The van der Waals surface area contributed by atoms with Gasteiger partial charge in [-0.2, -0.15) is 0 Å². The highest BCUT2D eigenvalue weighted by molar-refractivity contribution is 7.10. The summed E-state index contributed by atoms with van der Waals surface area (Å²) in [5.74, 6) is 0.273. The monoisotopic (exact) mass is 416 g/mol. The van der Waals surface area contributed by atoms with Crippen LogP contribution in [0, 0.1) is 5.41 Å². The molecule has 1 saturated heterocycles. The van der Waals surface area contributed by atoms with Gasteiger partial charge in [-0.3, -0.25) is 14.5 Å². The van der Waals surface area contributed by atoms with E-state index >= 15 is 0 Å². The summed E-state index contributed by atoms with van der Waals surface area (Å²) >= 11 is 1.63. The number of Topliss-reactive ketones (excluding diaryl/α,β-unsaturated/α-hetero) is 1. The number of carbonyl (C=O) groups is 2. The lowest BCUT2D eigenvalue weighted by Gasteiger charge is -2.47. The second-order valence-electron chi connectivity index (χ2n) is 8.24. The first-order chi connectivity index (χ1) is 14.6. The number of para-hydroxylation sites is 2. The Morgan fingerprint density at radius 1 is 1.07 bits per heavy atom. The fraction of sp³-hybridized carbons (Fsp3) is 0.250. The average Bonchev–Trinajstić information content (AvgIpc) is 3.45. The van der Waals surface area contributed by atoms with E-state index in [4.69, 9.17) is 4.74 Å².